The third-order valence-corrected chi connectivity index (χ3v) is 3.76. The summed E-state index contributed by atoms with van der Waals surface area (Å²) < 4.78 is 39.3. The summed E-state index contributed by atoms with van der Waals surface area (Å²) in [6, 6.07) is 13.6. The predicted octanol–water partition coefficient (Wildman–Crippen LogP) is 4.80. The zero-order valence-electron chi connectivity index (χ0n) is 14.2. The Kier molecular flexibility index (Phi) is 5.07. The quantitative estimate of drug-likeness (QED) is 0.690. The van der Waals surface area contributed by atoms with Crippen molar-refractivity contribution in [3.05, 3.63) is 77.6 Å². The smallest absolute Gasteiger partial charge is 0.324 e. The molecule has 3 aromatic rings. The first-order chi connectivity index (χ1) is 12.8. The number of anilines is 3. The Labute approximate surface area is 153 Å². The van der Waals surface area contributed by atoms with Gasteiger partial charge in [-0.3, -0.25) is 4.79 Å². The maximum absolute atomic E-state index is 13.1. The largest absolute Gasteiger partial charge is 0.418 e. The van der Waals surface area contributed by atoms with Crippen LogP contribution >= 0.6 is 0 Å². The van der Waals surface area contributed by atoms with E-state index in [1.807, 2.05) is 19.1 Å². The van der Waals surface area contributed by atoms with Crippen molar-refractivity contribution in [2.24, 2.45) is 0 Å². The van der Waals surface area contributed by atoms with E-state index in [1.165, 1.54) is 30.5 Å². The van der Waals surface area contributed by atoms with Gasteiger partial charge in [-0.15, -0.1) is 0 Å². The topological polar surface area (TPSA) is 66.9 Å². The molecule has 138 valence electrons. The van der Waals surface area contributed by atoms with Gasteiger partial charge in [0.05, 0.1) is 11.3 Å². The minimum Gasteiger partial charge on any atom is -0.324 e. The summed E-state index contributed by atoms with van der Waals surface area (Å²) in [6.45, 7) is 1.84. The van der Waals surface area contributed by atoms with Gasteiger partial charge in [0.25, 0.3) is 5.91 Å². The Morgan fingerprint density at radius 1 is 0.963 bits per heavy atom. The predicted molar refractivity (Wildman–Crippen MR) is 95.9 cm³/mol. The first-order valence-corrected chi connectivity index (χ1v) is 7.98. The number of amides is 1. The van der Waals surface area contributed by atoms with Gasteiger partial charge in [-0.25, -0.2) is 9.97 Å². The number of nitrogens with zero attached hydrogens (tertiary/aromatic N) is 2. The van der Waals surface area contributed by atoms with Crippen molar-refractivity contribution < 1.29 is 18.0 Å². The maximum atomic E-state index is 13.1. The fourth-order valence-electron chi connectivity index (χ4n) is 2.40. The van der Waals surface area contributed by atoms with E-state index in [9.17, 15) is 18.0 Å². The molecule has 3 rings (SSSR count). The SMILES string of the molecule is Cc1ccccc1NC(=O)c1ccnc(Nc2ccccc2C(F)(F)F)n1. The van der Waals surface area contributed by atoms with Crippen LogP contribution in [0.5, 0.6) is 0 Å². The Morgan fingerprint density at radius 2 is 1.63 bits per heavy atom. The van der Waals surface area contributed by atoms with Gasteiger partial charge in [0.2, 0.25) is 5.95 Å². The van der Waals surface area contributed by atoms with Crippen LogP contribution in [0.4, 0.5) is 30.5 Å². The van der Waals surface area contributed by atoms with Crippen LogP contribution in [0.2, 0.25) is 0 Å². The lowest BCUT2D eigenvalue weighted by Gasteiger charge is -2.13. The number of nitrogens with one attached hydrogen (secondary N) is 2. The zero-order valence-corrected chi connectivity index (χ0v) is 14.2. The number of rotatable bonds is 4. The number of hydrogen-bond donors (Lipinski definition) is 2. The van der Waals surface area contributed by atoms with Crippen molar-refractivity contribution in [2.75, 3.05) is 10.6 Å². The molecule has 0 saturated carbocycles. The average molecular weight is 372 g/mol. The van der Waals surface area contributed by atoms with Crippen molar-refractivity contribution >= 4 is 23.2 Å². The van der Waals surface area contributed by atoms with E-state index in [4.69, 9.17) is 0 Å². The molecule has 0 spiro atoms. The second kappa shape index (κ2) is 7.45. The molecule has 0 aliphatic rings. The molecule has 1 aromatic heterocycles. The summed E-state index contributed by atoms with van der Waals surface area (Å²) >= 11 is 0. The summed E-state index contributed by atoms with van der Waals surface area (Å²) in [7, 11) is 0. The molecule has 0 saturated heterocycles. The van der Waals surface area contributed by atoms with Crippen molar-refractivity contribution in [1.82, 2.24) is 9.97 Å². The number of hydrogen-bond acceptors (Lipinski definition) is 4. The number of benzene rings is 2. The molecule has 0 aliphatic heterocycles. The number of halogens is 3. The van der Waals surface area contributed by atoms with Gasteiger partial charge in [0.1, 0.15) is 5.69 Å². The molecule has 2 N–H and O–H groups in total. The lowest BCUT2D eigenvalue weighted by atomic mass is 10.1. The number of aromatic nitrogens is 2. The van der Waals surface area contributed by atoms with Crippen LogP contribution in [0.25, 0.3) is 0 Å². The minimum atomic E-state index is -4.52. The number of alkyl halides is 3. The van der Waals surface area contributed by atoms with Crippen molar-refractivity contribution in [2.45, 2.75) is 13.1 Å². The van der Waals surface area contributed by atoms with E-state index < -0.39 is 17.6 Å². The molecule has 1 heterocycles. The Balaban J connectivity index is 1.83. The molecular formula is C19H15F3N4O. The molecule has 27 heavy (non-hydrogen) atoms. The van der Waals surface area contributed by atoms with E-state index >= 15 is 0 Å². The normalized spacial score (nSPS) is 11.1. The van der Waals surface area contributed by atoms with Crippen molar-refractivity contribution in [3.8, 4) is 0 Å². The number of aryl methyl sites for hydroxylation is 1. The fraction of sp³-hybridized carbons (Fsp3) is 0.105. The third-order valence-electron chi connectivity index (χ3n) is 3.76. The van der Waals surface area contributed by atoms with Gasteiger partial charge in [0, 0.05) is 11.9 Å². The molecule has 8 heteroatoms. The van der Waals surface area contributed by atoms with Crippen LogP contribution in [-0.2, 0) is 6.18 Å². The van der Waals surface area contributed by atoms with E-state index in [-0.39, 0.29) is 17.3 Å². The molecule has 5 nitrogen and oxygen atoms in total. The monoisotopic (exact) mass is 372 g/mol. The molecule has 0 atom stereocenters. The molecule has 1 amide bonds. The number of para-hydroxylation sites is 2. The van der Waals surface area contributed by atoms with E-state index in [0.717, 1.165) is 11.6 Å². The second-order valence-corrected chi connectivity index (χ2v) is 5.70. The highest BCUT2D eigenvalue weighted by Crippen LogP contribution is 2.35. The van der Waals surface area contributed by atoms with Crippen molar-refractivity contribution in [1.29, 1.82) is 0 Å². The highest BCUT2D eigenvalue weighted by atomic mass is 19.4. The first-order valence-electron chi connectivity index (χ1n) is 7.98. The van der Waals surface area contributed by atoms with Crippen LogP contribution in [-0.4, -0.2) is 15.9 Å². The molecule has 0 aliphatic carbocycles. The fourth-order valence-corrected chi connectivity index (χ4v) is 2.40. The van der Waals surface area contributed by atoms with Crippen LogP contribution in [0.15, 0.2) is 60.8 Å². The second-order valence-electron chi connectivity index (χ2n) is 5.70. The van der Waals surface area contributed by atoms with Gasteiger partial charge < -0.3 is 10.6 Å². The highest BCUT2D eigenvalue weighted by molar-refractivity contribution is 6.03. The van der Waals surface area contributed by atoms with Crippen molar-refractivity contribution in [3.63, 3.8) is 0 Å². The number of carbonyl (C=O) groups is 1. The molecule has 0 fully saturated rings. The van der Waals surface area contributed by atoms with Gasteiger partial charge in [-0.1, -0.05) is 30.3 Å². The minimum absolute atomic E-state index is 0.0280. The Morgan fingerprint density at radius 3 is 2.33 bits per heavy atom. The first kappa shape index (κ1) is 18.4. The molecule has 0 bridgehead atoms. The van der Waals surface area contributed by atoms with E-state index in [2.05, 4.69) is 20.6 Å². The molecule has 0 radical (unpaired) electrons. The molecule has 0 unspecified atom stereocenters. The summed E-state index contributed by atoms with van der Waals surface area (Å²) in [5.74, 6) is -0.594. The van der Waals surface area contributed by atoms with Crippen LogP contribution in [0, 0.1) is 6.92 Å². The van der Waals surface area contributed by atoms with Crippen LogP contribution < -0.4 is 10.6 Å². The van der Waals surface area contributed by atoms with Gasteiger partial charge in [-0.05, 0) is 36.8 Å². The lowest BCUT2D eigenvalue weighted by Crippen LogP contribution is -2.16. The van der Waals surface area contributed by atoms with Crippen LogP contribution in [0.3, 0.4) is 0 Å². The zero-order chi connectivity index (χ0) is 19.4. The third kappa shape index (κ3) is 4.41. The standard InChI is InChI=1S/C19H15F3N4O/c1-12-6-2-4-8-14(12)24-17(27)16-10-11-23-18(26-16)25-15-9-5-3-7-13(15)19(20,21)22/h2-11H,1H3,(H,24,27)(H,23,25,26). The highest BCUT2D eigenvalue weighted by Gasteiger charge is 2.33. The van der Waals surface area contributed by atoms with E-state index in [0.29, 0.717) is 5.69 Å². The van der Waals surface area contributed by atoms with Gasteiger partial charge >= 0.3 is 6.18 Å². The lowest BCUT2D eigenvalue weighted by molar-refractivity contribution is -0.136. The van der Waals surface area contributed by atoms with Gasteiger partial charge in [-0.2, -0.15) is 13.2 Å². The molecular weight excluding hydrogens is 357 g/mol. The number of carbonyl (C=O) groups excluding carboxylic acids is 1. The summed E-state index contributed by atoms with van der Waals surface area (Å²) in [5, 5.41) is 5.24. The Bertz CT molecular complexity index is 973. The van der Waals surface area contributed by atoms with Gasteiger partial charge in [0.15, 0.2) is 0 Å². The average Bonchev–Trinajstić information content (AvgIpc) is 2.63. The molecule has 2 aromatic carbocycles. The van der Waals surface area contributed by atoms with E-state index in [1.54, 1.807) is 12.1 Å². The summed E-state index contributed by atoms with van der Waals surface area (Å²) in [4.78, 5) is 20.3. The maximum Gasteiger partial charge on any atom is 0.418 e. The summed E-state index contributed by atoms with van der Waals surface area (Å²) in [5.41, 5.74) is 0.487. The van der Waals surface area contributed by atoms with Crippen LogP contribution in [0.1, 0.15) is 21.6 Å². The Hall–Kier alpha value is -3.42. The summed E-state index contributed by atoms with van der Waals surface area (Å²) in [6.07, 6.45) is -3.22.